The highest BCUT2D eigenvalue weighted by atomic mass is 19.1. The summed E-state index contributed by atoms with van der Waals surface area (Å²) in [7, 11) is 0. The standard InChI is InChI=1S/C17H15FN4O5/c18-11-10(6-23)26-16(13(11)27-17(25)9-4-2-1-3-5-9)22-8-21-12-14(22)19-7-20-15(12)24/h1-5,7-8,10-11,13,16,23H,6H2,(H,19,20,24)/t10-,11-,13-,16-/m1/s1. The van der Waals surface area contributed by atoms with Crippen molar-refractivity contribution >= 4 is 17.1 Å². The van der Waals surface area contributed by atoms with Crippen molar-refractivity contribution in [2.24, 2.45) is 0 Å². The highest BCUT2D eigenvalue weighted by Gasteiger charge is 2.49. The Bertz CT molecular complexity index is 1020. The van der Waals surface area contributed by atoms with Crippen LogP contribution >= 0.6 is 0 Å². The molecule has 0 radical (unpaired) electrons. The quantitative estimate of drug-likeness (QED) is 0.641. The topological polar surface area (TPSA) is 119 Å². The second-order valence-electron chi connectivity index (χ2n) is 5.98. The molecule has 1 aliphatic heterocycles. The summed E-state index contributed by atoms with van der Waals surface area (Å²) >= 11 is 0. The minimum atomic E-state index is -1.77. The van der Waals surface area contributed by atoms with Gasteiger partial charge in [-0.25, -0.2) is 19.2 Å². The van der Waals surface area contributed by atoms with Gasteiger partial charge in [0.25, 0.3) is 5.56 Å². The van der Waals surface area contributed by atoms with Crippen molar-refractivity contribution in [3.05, 3.63) is 58.9 Å². The van der Waals surface area contributed by atoms with Gasteiger partial charge in [-0.1, -0.05) is 18.2 Å². The molecule has 0 amide bonds. The molecule has 10 heteroatoms. The predicted octanol–water partition coefficient (Wildman–Crippen LogP) is 0.573. The van der Waals surface area contributed by atoms with E-state index in [4.69, 9.17) is 9.47 Å². The smallest absolute Gasteiger partial charge is 0.338 e. The van der Waals surface area contributed by atoms with Crippen molar-refractivity contribution in [3.8, 4) is 0 Å². The summed E-state index contributed by atoms with van der Waals surface area (Å²) in [6.07, 6.45) is -3.01. The maximum absolute atomic E-state index is 14.8. The first kappa shape index (κ1) is 17.3. The van der Waals surface area contributed by atoms with Gasteiger partial charge in [-0.2, -0.15) is 0 Å². The number of H-pyrrole nitrogens is 1. The monoisotopic (exact) mass is 374 g/mol. The zero-order valence-electron chi connectivity index (χ0n) is 13.9. The number of aliphatic hydroxyl groups is 1. The lowest BCUT2D eigenvalue weighted by Crippen LogP contribution is -2.34. The number of nitrogens with zero attached hydrogens (tertiary/aromatic N) is 3. The number of carbonyl (C=O) groups excluding carboxylic acids is 1. The number of halogens is 1. The first-order valence-corrected chi connectivity index (χ1v) is 8.17. The molecule has 2 aromatic heterocycles. The largest absolute Gasteiger partial charge is 0.451 e. The number of fused-ring (bicyclic) bond motifs is 1. The minimum Gasteiger partial charge on any atom is -0.451 e. The Labute approximate surface area is 151 Å². The number of aromatic nitrogens is 4. The Morgan fingerprint density at radius 2 is 2.11 bits per heavy atom. The van der Waals surface area contributed by atoms with E-state index < -0.39 is 42.7 Å². The van der Waals surface area contributed by atoms with Gasteiger partial charge in [0.05, 0.1) is 24.8 Å². The van der Waals surface area contributed by atoms with Crippen molar-refractivity contribution < 1.29 is 23.8 Å². The zero-order valence-corrected chi connectivity index (χ0v) is 13.9. The van der Waals surface area contributed by atoms with Crippen molar-refractivity contribution in [1.29, 1.82) is 0 Å². The maximum atomic E-state index is 14.8. The number of rotatable bonds is 4. The lowest BCUT2D eigenvalue weighted by atomic mass is 10.1. The van der Waals surface area contributed by atoms with Gasteiger partial charge >= 0.3 is 5.97 Å². The van der Waals surface area contributed by atoms with Crippen LogP contribution in [-0.2, 0) is 9.47 Å². The van der Waals surface area contributed by atoms with Crippen LogP contribution in [0.15, 0.2) is 47.8 Å². The van der Waals surface area contributed by atoms with Crippen LogP contribution in [0, 0.1) is 0 Å². The number of aromatic amines is 1. The second-order valence-corrected chi connectivity index (χ2v) is 5.98. The lowest BCUT2D eigenvalue weighted by molar-refractivity contribution is -0.0563. The van der Waals surface area contributed by atoms with Crippen LogP contribution in [0.2, 0.25) is 0 Å². The fourth-order valence-electron chi connectivity index (χ4n) is 3.01. The van der Waals surface area contributed by atoms with Crippen LogP contribution in [0.4, 0.5) is 4.39 Å². The summed E-state index contributed by atoms with van der Waals surface area (Å²) in [6, 6.07) is 8.12. The van der Waals surface area contributed by atoms with Gasteiger partial charge in [0.2, 0.25) is 0 Å². The van der Waals surface area contributed by atoms with Crippen molar-refractivity contribution in [2.45, 2.75) is 24.6 Å². The summed E-state index contributed by atoms with van der Waals surface area (Å²) in [6.45, 7) is -0.600. The molecule has 9 nitrogen and oxygen atoms in total. The second kappa shape index (κ2) is 6.89. The number of aliphatic hydroxyl groups excluding tert-OH is 1. The lowest BCUT2D eigenvalue weighted by Gasteiger charge is -2.21. The molecule has 4 rings (SSSR count). The van der Waals surface area contributed by atoms with Crippen LogP contribution in [0.3, 0.4) is 0 Å². The molecule has 140 valence electrons. The van der Waals surface area contributed by atoms with Crippen LogP contribution in [0.1, 0.15) is 16.6 Å². The highest BCUT2D eigenvalue weighted by Crippen LogP contribution is 2.35. The summed E-state index contributed by atoms with van der Waals surface area (Å²) in [5.74, 6) is -0.731. The van der Waals surface area contributed by atoms with Crippen LogP contribution < -0.4 is 5.56 Å². The van der Waals surface area contributed by atoms with E-state index in [1.807, 2.05) is 0 Å². The maximum Gasteiger partial charge on any atom is 0.338 e. The molecular weight excluding hydrogens is 359 g/mol. The van der Waals surface area contributed by atoms with Gasteiger partial charge in [-0.15, -0.1) is 0 Å². The molecule has 3 heterocycles. The normalized spacial score (nSPS) is 25.0. The average Bonchev–Trinajstić information content (AvgIpc) is 3.25. The SMILES string of the molecule is O=C(O[C@@H]1[C@H](F)[C@@H](CO)O[C@H]1n1cnc2c(=O)[nH]cnc21)c1ccccc1. The highest BCUT2D eigenvalue weighted by molar-refractivity contribution is 5.89. The molecule has 1 aromatic carbocycles. The summed E-state index contributed by atoms with van der Waals surface area (Å²) in [5, 5.41) is 9.38. The predicted molar refractivity (Wildman–Crippen MR) is 89.7 cm³/mol. The molecule has 0 bridgehead atoms. The summed E-state index contributed by atoms with van der Waals surface area (Å²) in [4.78, 5) is 34.6. The first-order valence-electron chi connectivity index (χ1n) is 8.17. The van der Waals surface area contributed by atoms with Crippen LogP contribution in [-0.4, -0.2) is 55.6 Å². The van der Waals surface area contributed by atoms with Crippen LogP contribution in [0.25, 0.3) is 11.2 Å². The van der Waals surface area contributed by atoms with Crippen molar-refractivity contribution in [1.82, 2.24) is 19.5 Å². The number of carbonyl (C=O) groups is 1. The Morgan fingerprint density at radius 3 is 2.85 bits per heavy atom. The van der Waals surface area contributed by atoms with E-state index in [9.17, 15) is 19.1 Å². The Hall–Kier alpha value is -3.11. The van der Waals surface area contributed by atoms with E-state index in [1.165, 1.54) is 29.4 Å². The average molecular weight is 374 g/mol. The van der Waals surface area contributed by atoms with E-state index in [1.54, 1.807) is 18.2 Å². The van der Waals surface area contributed by atoms with E-state index >= 15 is 0 Å². The van der Waals surface area contributed by atoms with Gasteiger partial charge in [0.15, 0.2) is 29.7 Å². The van der Waals surface area contributed by atoms with E-state index in [0.717, 1.165) is 0 Å². The third-order valence-electron chi connectivity index (χ3n) is 4.34. The number of benzene rings is 1. The fourth-order valence-corrected chi connectivity index (χ4v) is 3.01. The van der Waals surface area contributed by atoms with Gasteiger partial charge in [0.1, 0.15) is 6.10 Å². The molecule has 3 aromatic rings. The van der Waals surface area contributed by atoms with Crippen molar-refractivity contribution in [2.75, 3.05) is 6.61 Å². The number of alkyl halides is 1. The fraction of sp³-hybridized carbons (Fsp3) is 0.294. The Kier molecular flexibility index (Phi) is 4.42. The number of hydrogen-bond acceptors (Lipinski definition) is 7. The molecule has 1 saturated heterocycles. The number of hydrogen-bond donors (Lipinski definition) is 2. The first-order chi connectivity index (χ1) is 13.1. The van der Waals surface area contributed by atoms with Gasteiger partial charge < -0.3 is 19.6 Å². The zero-order chi connectivity index (χ0) is 19.0. The molecule has 1 aliphatic rings. The molecule has 0 spiro atoms. The number of nitrogens with one attached hydrogen (secondary N) is 1. The molecule has 4 atom stereocenters. The number of ether oxygens (including phenoxy) is 2. The molecule has 2 N–H and O–H groups in total. The molecule has 27 heavy (non-hydrogen) atoms. The van der Waals surface area contributed by atoms with E-state index in [-0.39, 0.29) is 16.7 Å². The molecule has 1 fully saturated rings. The third-order valence-corrected chi connectivity index (χ3v) is 4.34. The summed E-state index contributed by atoms with van der Waals surface area (Å²) in [5.41, 5.74) is -0.0292. The van der Waals surface area contributed by atoms with Gasteiger partial charge in [-0.05, 0) is 12.1 Å². The molecule has 0 saturated carbocycles. The number of esters is 1. The van der Waals surface area contributed by atoms with Crippen LogP contribution in [0.5, 0.6) is 0 Å². The van der Waals surface area contributed by atoms with E-state index in [2.05, 4.69) is 15.0 Å². The Balaban J connectivity index is 1.70. The molecule has 0 aliphatic carbocycles. The van der Waals surface area contributed by atoms with Gasteiger partial charge in [-0.3, -0.25) is 9.36 Å². The third kappa shape index (κ3) is 2.98. The summed E-state index contributed by atoms with van der Waals surface area (Å²) < 4.78 is 27.0. The molecule has 0 unspecified atom stereocenters. The van der Waals surface area contributed by atoms with Crippen molar-refractivity contribution in [3.63, 3.8) is 0 Å². The number of imidazole rings is 1. The molecular formula is C17H15FN4O5. The minimum absolute atomic E-state index is 0.0390. The van der Waals surface area contributed by atoms with Gasteiger partial charge in [0, 0.05) is 0 Å². The van der Waals surface area contributed by atoms with E-state index in [0.29, 0.717) is 0 Å². The Morgan fingerprint density at radius 1 is 1.33 bits per heavy atom.